The summed E-state index contributed by atoms with van der Waals surface area (Å²) in [6.45, 7) is 2.20. The zero-order valence-electron chi connectivity index (χ0n) is 13.4. The van der Waals surface area contributed by atoms with Crippen LogP contribution in [0.5, 0.6) is 5.75 Å². The summed E-state index contributed by atoms with van der Waals surface area (Å²) in [6, 6.07) is 6.32. The van der Waals surface area contributed by atoms with E-state index in [0.717, 1.165) is 29.5 Å². The molecule has 4 heteroatoms. The maximum Gasteiger partial charge on any atom is 0.258 e. The molecule has 0 aliphatic heterocycles. The molecule has 0 saturated heterocycles. The molecule has 2 rings (SSSR count). The van der Waals surface area contributed by atoms with Crippen LogP contribution in [0.25, 0.3) is 0 Å². The normalized spacial score (nSPS) is 16.6. The Labute approximate surface area is 141 Å². The summed E-state index contributed by atoms with van der Waals surface area (Å²) >= 11 is 3.50. The minimum Gasteiger partial charge on any atom is -0.483 e. The van der Waals surface area contributed by atoms with Gasteiger partial charge in [-0.05, 0) is 52.9 Å². The highest BCUT2D eigenvalue weighted by molar-refractivity contribution is 9.10. The van der Waals surface area contributed by atoms with Gasteiger partial charge in [0.15, 0.2) is 6.61 Å². The molecule has 0 radical (unpaired) electrons. The molecule has 22 heavy (non-hydrogen) atoms. The largest absolute Gasteiger partial charge is 0.483 e. The number of hydrogen-bond acceptors (Lipinski definition) is 2. The third kappa shape index (κ3) is 5.64. The number of carbonyl (C=O) groups excluding carboxylic acids is 1. The van der Waals surface area contributed by atoms with Crippen molar-refractivity contribution in [3.8, 4) is 5.75 Å². The van der Waals surface area contributed by atoms with Gasteiger partial charge < -0.3 is 10.1 Å². The van der Waals surface area contributed by atoms with Crippen LogP contribution in [0.1, 0.15) is 57.4 Å². The van der Waals surface area contributed by atoms with Crippen molar-refractivity contribution in [1.82, 2.24) is 5.32 Å². The summed E-state index contributed by atoms with van der Waals surface area (Å²) in [5, 5.41) is 3.12. The first-order chi connectivity index (χ1) is 10.7. The van der Waals surface area contributed by atoms with E-state index in [-0.39, 0.29) is 12.5 Å². The van der Waals surface area contributed by atoms with Crippen LogP contribution >= 0.6 is 15.9 Å². The van der Waals surface area contributed by atoms with E-state index in [1.807, 2.05) is 18.2 Å². The summed E-state index contributed by atoms with van der Waals surface area (Å²) in [4.78, 5) is 12.1. The Morgan fingerprint density at radius 2 is 1.91 bits per heavy atom. The van der Waals surface area contributed by atoms with Crippen LogP contribution in [0.15, 0.2) is 22.7 Å². The van der Waals surface area contributed by atoms with Gasteiger partial charge in [0.2, 0.25) is 0 Å². The van der Waals surface area contributed by atoms with Crippen LogP contribution in [-0.2, 0) is 11.2 Å². The van der Waals surface area contributed by atoms with Gasteiger partial charge >= 0.3 is 0 Å². The summed E-state index contributed by atoms with van der Waals surface area (Å²) in [6.07, 6.45) is 9.54. The lowest BCUT2D eigenvalue weighted by Gasteiger charge is -2.21. The lowest BCUT2D eigenvalue weighted by molar-refractivity contribution is -0.123. The highest BCUT2D eigenvalue weighted by atomic mass is 79.9. The fraction of sp³-hybridized carbons (Fsp3) is 0.611. The summed E-state index contributed by atoms with van der Waals surface area (Å²) < 4.78 is 6.54. The van der Waals surface area contributed by atoms with Crippen molar-refractivity contribution < 1.29 is 9.53 Å². The average molecular weight is 368 g/mol. The molecule has 0 bridgehead atoms. The van der Waals surface area contributed by atoms with Gasteiger partial charge in [-0.15, -0.1) is 0 Å². The Hall–Kier alpha value is -1.03. The van der Waals surface area contributed by atoms with Crippen LogP contribution < -0.4 is 10.1 Å². The van der Waals surface area contributed by atoms with Crippen LogP contribution in [0.3, 0.4) is 0 Å². The van der Waals surface area contributed by atoms with Crippen molar-refractivity contribution in [3.05, 3.63) is 28.2 Å². The van der Waals surface area contributed by atoms with E-state index in [1.165, 1.54) is 37.7 Å². The van der Waals surface area contributed by atoms with E-state index in [1.54, 1.807) is 0 Å². The predicted octanol–water partition coefficient (Wildman–Crippen LogP) is 4.62. The third-order valence-corrected chi connectivity index (χ3v) is 4.85. The second-order valence-electron chi connectivity index (χ2n) is 6.02. The Bertz CT molecular complexity index is 482. The minimum atomic E-state index is -0.0166. The van der Waals surface area contributed by atoms with Crippen LogP contribution in [-0.4, -0.2) is 18.6 Å². The van der Waals surface area contributed by atoms with Gasteiger partial charge in [-0.1, -0.05) is 45.1 Å². The van der Waals surface area contributed by atoms with E-state index in [2.05, 4.69) is 28.2 Å². The number of hydrogen-bond donors (Lipinski definition) is 1. The zero-order valence-corrected chi connectivity index (χ0v) is 15.0. The fourth-order valence-electron chi connectivity index (χ4n) is 2.89. The Morgan fingerprint density at radius 3 is 2.55 bits per heavy atom. The number of benzene rings is 1. The van der Waals surface area contributed by atoms with E-state index in [0.29, 0.717) is 6.04 Å². The second-order valence-corrected chi connectivity index (χ2v) is 6.87. The molecule has 1 amide bonds. The van der Waals surface area contributed by atoms with Crippen molar-refractivity contribution in [2.45, 2.75) is 64.3 Å². The highest BCUT2D eigenvalue weighted by Crippen LogP contribution is 2.26. The molecule has 122 valence electrons. The molecule has 1 saturated carbocycles. The SMILES string of the molecule is CCc1ccc(OCC(=O)NC2CCCCCCC2)c(Br)c1. The number of aryl methyl sites for hydroxylation is 1. The van der Waals surface area contributed by atoms with Gasteiger partial charge in [-0.25, -0.2) is 0 Å². The van der Waals surface area contributed by atoms with Gasteiger partial charge in [0.25, 0.3) is 5.91 Å². The summed E-state index contributed by atoms with van der Waals surface area (Å²) in [5.41, 5.74) is 1.25. The van der Waals surface area contributed by atoms with Gasteiger partial charge in [0.1, 0.15) is 5.75 Å². The van der Waals surface area contributed by atoms with Crippen molar-refractivity contribution in [3.63, 3.8) is 0 Å². The first-order valence-corrected chi connectivity index (χ1v) is 9.19. The van der Waals surface area contributed by atoms with Gasteiger partial charge in [-0.3, -0.25) is 4.79 Å². The highest BCUT2D eigenvalue weighted by Gasteiger charge is 2.14. The van der Waals surface area contributed by atoms with E-state index < -0.39 is 0 Å². The van der Waals surface area contributed by atoms with E-state index in [9.17, 15) is 4.79 Å². The quantitative estimate of drug-likeness (QED) is 0.824. The smallest absolute Gasteiger partial charge is 0.258 e. The number of amides is 1. The van der Waals surface area contributed by atoms with Crippen LogP contribution in [0, 0.1) is 0 Å². The molecule has 1 fully saturated rings. The molecule has 1 aliphatic rings. The first kappa shape index (κ1) is 17.3. The maximum absolute atomic E-state index is 12.1. The molecule has 1 aliphatic carbocycles. The molecule has 0 heterocycles. The predicted molar refractivity (Wildman–Crippen MR) is 93.3 cm³/mol. The molecule has 0 unspecified atom stereocenters. The molecule has 0 atom stereocenters. The lowest BCUT2D eigenvalue weighted by Crippen LogP contribution is -2.38. The molecular weight excluding hydrogens is 342 g/mol. The fourth-order valence-corrected chi connectivity index (χ4v) is 3.44. The molecular formula is C18H26BrNO2. The topological polar surface area (TPSA) is 38.3 Å². The number of rotatable bonds is 5. The van der Waals surface area contributed by atoms with Crippen LogP contribution in [0.2, 0.25) is 0 Å². The summed E-state index contributed by atoms with van der Waals surface area (Å²) in [5.74, 6) is 0.710. The van der Waals surface area contributed by atoms with Crippen LogP contribution in [0.4, 0.5) is 0 Å². The molecule has 1 aromatic carbocycles. The van der Waals surface area contributed by atoms with Crippen molar-refractivity contribution in [2.75, 3.05) is 6.61 Å². The Balaban J connectivity index is 1.79. The first-order valence-electron chi connectivity index (χ1n) is 8.39. The maximum atomic E-state index is 12.1. The van der Waals surface area contributed by atoms with E-state index in [4.69, 9.17) is 4.74 Å². The van der Waals surface area contributed by atoms with Gasteiger partial charge in [0.05, 0.1) is 4.47 Å². The number of ether oxygens (including phenoxy) is 1. The lowest BCUT2D eigenvalue weighted by atomic mass is 9.97. The number of halogens is 1. The molecule has 3 nitrogen and oxygen atoms in total. The molecule has 1 aromatic rings. The summed E-state index contributed by atoms with van der Waals surface area (Å²) in [7, 11) is 0. The Morgan fingerprint density at radius 1 is 1.23 bits per heavy atom. The molecule has 0 spiro atoms. The number of carbonyl (C=O) groups is 1. The minimum absolute atomic E-state index is 0.0166. The van der Waals surface area contributed by atoms with Gasteiger partial charge in [-0.2, -0.15) is 0 Å². The molecule has 0 aromatic heterocycles. The monoisotopic (exact) mass is 367 g/mol. The van der Waals surface area contributed by atoms with Crippen molar-refractivity contribution in [1.29, 1.82) is 0 Å². The number of nitrogens with one attached hydrogen (secondary N) is 1. The average Bonchev–Trinajstić information content (AvgIpc) is 2.48. The second kappa shape index (κ2) is 9.19. The standard InChI is InChI=1S/C18H26BrNO2/c1-2-14-10-11-17(16(19)12-14)22-13-18(21)20-15-8-6-4-3-5-7-9-15/h10-12,15H,2-9,13H2,1H3,(H,20,21). The van der Waals surface area contributed by atoms with Gasteiger partial charge in [0, 0.05) is 6.04 Å². The van der Waals surface area contributed by atoms with E-state index >= 15 is 0 Å². The zero-order chi connectivity index (χ0) is 15.8. The Kier molecular flexibility index (Phi) is 7.23. The van der Waals surface area contributed by atoms with Crippen molar-refractivity contribution in [2.24, 2.45) is 0 Å². The van der Waals surface area contributed by atoms with Crippen molar-refractivity contribution >= 4 is 21.8 Å². The molecule has 1 N–H and O–H groups in total. The third-order valence-electron chi connectivity index (χ3n) is 4.23.